The van der Waals surface area contributed by atoms with Gasteiger partial charge in [0.25, 0.3) is 0 Å². The van der Waals surface area contributed by atoms with Gasteiger partial charge in [-0.05, 0) is 25.0 Å². The summed E-state index contributed by atoms with van der Waals surface area (Å²) in [7, 11) is 0. The van der Waals surface area contributed by atoms with Crippen LogP contribution < -0.4 is 10.1 Å². The fourth-order valence-electron chi connectivity index (χ4n) is 1.90. The van der Waals surface area contributed by atoms with E-state index in [9.17, 15) is 8.78 Å². The molecule has 1 aromatic carbocycles. The van der Waals surface area contributed by atoms with Crippen molar-refractivity contribution in [2.45, 2.75) is 18.9 Å². The largest absolute Gasteiger partial charge is 0.492 e. The van der Waals surface area contributed by atoms with Crippen LogP contribution in [0.25, 0.3) is 0 Å². The van der Waals surface area contributed by atoms with E-state index >= 15 is 0 Å². The van der Waals surface area contributed by atoms with Crippen LogP contribution >= 0.6 is 0 Å². The average molecular weight is 257 g/mol. The molecule has 1 aliphatic heterocycles. The third kappa shape index (κ3) is 3.92. The number of benzene rings is 1. The highest BCUT2D eigenvalue weighted by atomic mass is 19.2. The maximum atomic E-state index is 12.9. The van der Waals surface area contributed by atoms with Gasteiger partial charge < -0.3 is 14.8 Å². The van der Waals surface area contributed by atoms with Crippen LogP contribution in [0, 0.1) is 11.6 Å². The first-order valence-corrected chi connectivity index (χ1v) is 6.14. The van der Waals surface area contributed by atoms with Gasteiger partial charge in [0.15, 0.2) is 11.6 Å². The van der Waals surface area contributed by atoms with Gasteiger partial charge in [-0.15, -0.1) is 0 Å². The van der Waals surface area contributed by atoms with Gasteiger partial charge in [0.05, 0.1) is 0 Å². The predicted octanol–water partition coefficient (Wildman–Crippen LogP) is 2.11. The second kappa shape index (κ2) is 6.66. The molecule has 1 N–H and O–H groups in total. The lowest BCUT2D eigenvalue weighted by Gasteiger charge is -2.23. The molecule has 0 spiro atoms. The number of rotatable bonds is 5. The Kier molecular flexibility index (Phi) is 4.90. The van der Waals surface area contributed by atoms with E-state index in [0.717, 1.165) is 38.2 Å². The zero-order chi connectivity index (χ0) is 12.8. The molecular weight excluding hydrogens is 240 g/mol. The molecule has 0 aromatic heterocycles. The third-order valence-electron chi connectivity index (χ3n) is 2.92. The van der Waals surface area contributed by atoms with Crippen LogP contribution in [0.1, 0.15) is 12.8 Å². The molecule has 1 aliphatic rings. The third-order valence-corrected chi connectivity index (χ3v) is 2.92. The van der Waals surface area contributed by atoms with Crippen molar-refractivity contribution in [3.8, 4) is 5.75 Å². The quantitative estimate of drug-likeness (QED) is 0.820. The van der Waals surface area contributed by atoms with Gasteiger partial charge in [0.2, 0.25) is 0 Å². The van der Waals surface area contributed by atoms with E-state index in [4.69, 9.17) is 9.47 Å². The van der Waals surface area contributed by atoms with Gasteiger partial charge in [-0.2, -0.15) is 0 Å². The molecule has 18 heavy (non-hydrogen) atoms. The maximum absolute atomic E-state index is 12.9. The Morgan fingerprint density at radius 1 is 1.22 bits per heavy atom. The van der Waals surface area contributed by atoms with Crippen molar-refractivity contribution in [2.75, 3.05) is 26.4 Å². The van der Waals surface area contributed by atoms with Crippen molar-refractivity contribution < 1.29 is 18.3 Å². The summed E-state index contributed by atoms with van der Waals surface area (Å²) in [5, 5.41) is 3.35. The molecule has 1 aromatic rings. The zero-order valence-corrected chi connectivity index (χ0v) is 10.1. The summed E-state index contributed by atoms with van der Waals surface area (Å²) in [5.74, 6) is -1.39. The van der Waals surface area contributed by atoms with Gasteiger partial charge in [-0.1, -0.05) is 0 Å². The van der Waals surface area contributed by atoms with E-state index in [2.05, 4.69) is 5.32 Å². The van der Waals surface area contributed by atoms with Gasteiger partial charge in [0.1, 0.15) is 12.4 Å². The van der Waals surface area contributed by atoms with E-state index in [1.165, 1.54) is 6.07 Å². The predicted molar refractivity (Wildman–Crippen MR) is 63.7 cm³/mol. The Labute approximate surface area is 105 Å². The van der Waals surface area contributed by atoms with E-state index in [1.807, 2.05) is 0 Å². The summed E-state index contributed by atoms with van der Waals surface area (Å²) >= 11 is 0. The molecule has 2 rings (SSSR count). The summed E-state index contributed by atoms with van der Waals surface area (Å²) < 4.78 is 36.2. The fraction of sp³-hybridized carbons (Fsp3) is 0.538. The minimum absolute atomic E-state index is 0.350. The number of halogens is 2. The minimum Gasteiger partial charge on any atom is -0.492 e. The lowest BCUT2D eigenvalue weighted by Crippen LogP contribution is -2.37. The van der Waals surface area contributed by atoms with Gasteiger partial charge in [-0.3, -0.25) is 0 Å². The normalized spacial score (nSPS) is 16.8. The van der Waals surface area contributed by atoms with Crippen molar-refractivity contribution >= 4 is 0 Å². The van der Waals surface area contributed by atoms with Crippen LogP contribution in [0.15, 0.2) is 18.2 Å². The van der Waals surface area contributed by atoms with Crippen molar-refractivity contribution in [3.05, 3.63) is 29.8 Å². The monoisotopic (exact) mass is 257 g/mol. The molecule has 1 saturated heterocycles. The molecule has 0 atom stereocenters. The molecule has 0 radical (unpaired) electrons. The smallest absolute Gasteiger partial charge is 0.162 e. The van der Waals surface area contributed by atoms with Crippen LogP contribution in [-0.2, 0) is 4.74 Å². The summed E-state index contributed by atoms with van der Waals surface area (Å²) in [6, 6.07) is 4.01. The number of hydrogen-bond acceptors (Lipinski definition) is 3. The highest BCUT2D eigenvalue weighted by Gasteiger charge is 2.12. The van der Waals surface area contributed by atoms with Gasteiger partial charge >= 0.3 is 0 Å². The molecule has 100 valence electrons. The molecule has 5 heteroatoms. The topological polar surface area (TPSA) is 30.5 Å². The summed E-state index contributed by atoms with van der Waals surface area (Å²) in [6.45, 7) is 2.70. The van der Waals surface area contributed by atoms with Crippen molar-refractivity contribution in [1.29, 1.82) is 0 Å². The molecule has 1 fully saturated rings. The number of nitrogens with one attached hydrogen (secondary N) is 1. The molecular formula is C13H17F2NO2. The van der Waals surface area contributed by atoms with Gasteiger partial charge in [-0.25, -0.2) is 8.78 Å². The molecule has 1 heterocycles. The molecule has 3 nitrogen and oxygen atoms in total. The second-order valence-electron chi connectivity index (χ2n) is 4.27. The van der Waals surface area contributed by atoms with Crippen LogP contribution in [0.2, 0.25) is 0 Å². The van der Waals surface area contributed by atoms with Crippen molar-refractivity contribution in [3.63, 3.8) is 0 Å². The standard InChI is InChI=1S/C13H17F2NO2/c14-12-2-1-11(9-13(12)15)18-8-5-16-10-3-6-17-7-4-10/h1-2,9-10,16H,3-8H2. The summed E-state index contributed by atoms with van der Waals surface area (Å²) in [6.07, 6.45) is 2.01. The molecule has 0 bridgehead atoms. The average Bonchev–Trinajstić information content (AvgIpc) is 2.40. The summed E-state index contributed by atoms with van der Waals surface area (Å²) in [4.78, 5) is 0. The van der Waals surface area contributed by atoms with E-state index in [-0.39, 0.29) is 0 Å². The van der Waals surface area contributed by atoms with Crippen LogP contribution in [0.5, 0.6) is 5.75 Å². The van der Waals surface area contributed by atoms with E-state index in [0.29, 0.717) is 24.9 Å². The van der Waals surface area contributed by atoms with E-state index in [1.54, 1.807) is 0 Å². The van der Waals surface area contributed by atoms with Crippen LogP contribution in [0.4, 0.5) is 8.78 Å². The first kappa shape index (κ1) is 13.2. The SMILES string of the molecule is Fc1ccc(OCCNC2CCOCC2)cc1F. The second-order valence-corrected chi connectivity index (χ2v) is 4.27. The van der Waals surface area contributed by atoms with Crippen molar-refractivity contribution in [1.82, 2.24) is 5.32 Å². The Bertz CT molecular complexity index is 381. The van der Waals surface area contributed by atoms with Crippen molar-refractivity contribution in [2.24, 2.45) is 0 Å². The van der Waals surface area contributed by atoms with Gasteiger partial charge in [0, 0.05) is 31.9 Å². The highest BCUT2D eigenvalue weighted by molar-refractivity contribution is 5.23. The Morgan fingerprint density at radius 2 is 2.00 bits per heavy atom. The zero-order valence-electron chi connectivity index (χ0n) is 10.1. The first-order valence-electron chi connectivity index (χ1n) is 6.14. The number of ether oxygens (including phenoxy) is 2. The minimum atomic E-state index is -0.884. The molecule has 0 amide bonds. The lowest BCUT2D eigenvalue weighted by molar-refractivity contribution is 0.0770. The lowest BCUT2D eigenvalue weighted by atomic mass is 10.1. The first-order chi connectivity index (χ1) is 8.75. The molecule has 0 saturated carbocycles. The Balaban J connectivity index is 1.66. The maximum Gasteiger partial charge on any atom is 0.162 e. The van der Waals surface area contributed by atoms with Crippen LogP contribution in [-0.4, -0.2) is 32.4 Å². The fourth-order valence-corrected chi connectivity index (χ4v) is 1.90. The molecule has 0 aliphatic carbocycles. The van der Waals surface area contributed by atoms with E-state index < -0.39 is 11.6 Å². The Morgan fingerprint density at radius 3 is 2.72 bits per heavy atom. The number of hydrogen-bond donors (Lipinski definition) is 1. The van der Waals surface area contributed by atoms with Crippen LogP contribution in [0.3, 0.4) is 0 Å². The Hall–Kier alpha value is -1.20. The highest BCUT2D eigenvalue weighted by Crippen LogP contribution is 2.15. The molecule has 0 unspecified atom stereocenters. The summed E-state index contributed by atoms with van der Waals surface area (Å²) in [5.41, 5.74) is 0.